The van der Waals surface area contributed by atoms with E-state index >= 15 is 0 Å². The fraction of sp³-hybridized carbons (Fsp3) is 0.364. The Morgan fingerprint density at radius 3 is 2.76 bits per heavy atom. The van der Waals surface area contributed by atoms with E-state index < -0.39 is 5.91 Å². The van der Waals surface area contributed by atoms with E-state index in [1.165, 1.54) is 0 Å². The quantitative estimate of drug-likeness (QED) is 0.785. The Labute approximate surface area is 110 Å². The first-order valence-corrected chi connectivity index (χ1v) is 5.90. The maximum Gasteiger partial charge on any atom is 0.245 e. The third-order valence-electron chi connectivity index (χ3n) is 2.19. The Hall–Kier alpha value is -0.810. The number of hydrogen-bond acceptors (Lipinski definition) is 3. The number of nitrogens with one attached hydrogen (secondary N) is 1. The molecule has 1 amide bonds. The van der Waals surface area contributed by atoms with Gasteiger partial charge in [-0.3, -0.25) is 9.63 Å². The van der Waals surface area contributed by atoms with Crippen LogP contribution >= 0.6 is 23.2 Å². The van der Waals surface area contributed by atoms with E-state index in [4.69, 9.17) is 33.8 Å². The van der Waals surface area contributed by atoms with Crippen LogP contribution < -0.4 is 11.2 Å². The highest BCUT2D eigenvalue weighted by molar-refractivity contribution is 6.35. The van der Waals surface area contributed by atoms with Gasteiger partial charge in [0.1, 0.15) is 6.61 Å². The number of primary amides is 1. The van der Waals surface area contributed by atoms with Crippen molar-refractivity contribution in [2.24, 2.45) is 5.73 Å². The molecular weight excluding hydrogens is 263 g/mol. The third kappa shape index (κ3) is 4.52. The van der Waals surface area contributed by atoms with Crippen LogP contribution in [-0.2, 0) is 9.63 Å². The Kier molecular flexibility index (Phi) is 5.71. The van der Waals surface area contributed by atoms with Gasteiger partial charge in [-0.25, -0.2) is 0 Å². The molecule has 0 aliphatic rings. The molecule has 94 valence electrons. The normalized spacial score (nSPS) is 12.4. The molecule has 1 unspecified atom stereocenters. The number of nitrogens with two attached hydrogens (primary N) is 1. The van der Waals surface area contributed by atoms with E-state index in [0.29, 0.717) is 10.0 Å². The molecule has 0 spiro atoms. The molecule has 0 aliphatic carbocycles. The molecule has 0 saturated carbocycles. The molecule has 1 atom stereocenters. The van der Waals surface area contributed by atoms with Crippen molar-refractivity contribution in [2.45, 2.75) is 19.4 Å². The van der Waals surface area contributed by atoms with Gasteiger partial charge in [-0.05, 0) is 24.1 Å². The number of benzene rings is 1. The molecular formula is C11H14Cl2N2O2. The Bertz CT molecular complexity index is 399. The number of amides is 1. The summed E-state index contributed by atoms with van der Waals surface area (Å²) < 4.78 is 0. The fourth-order valence-electron chi connectivity index (χ4n) is 1.36. The summed E-state index contributed by atoms with van der Waals surface area (Å²) in [6, 6.07) is 5.12. The topological polar surface area (TPSA) is 64.3 Å². The summed E-state index contributed by atoms with van der Waals surface area (Å²) >= 11 is 11.9. The van der Waals surface area contributed by atoms with E-state index in [9.17, 15) is 4.79 Å². The average Bonchev–Trinajstić information content (AvgIpc) is 2.25. The van der Waals surface area contributed by atoms with Crippen LogP contribution in [0.15, 0.2) is 18.2 Å². The van der Waals surface area contributed by atoms with Crippen LogP contribution in [0.4, 0.5) is 0 Å². The molecule has 3 N–H and O–H groups in total. The van der Waals surface area contributed by atoms with Crippen LogP contribution in [0.1, 0.15) is 24.9 Å². The van der Waals surface area contributed by atoms with Crippen molar-refractivity contribution >= 4 is 29.1 Å². The van der Waals surface area contributed by atoms with Crippen molar-refractivity contribution < 1.29 is 9.63 Å². The van der Waals surface area contributed by atoms with E-state index in [0.717, 1.165) is 12.0 Å². The number of carbonyl (C=O) groups is 1. The molecule has 1 aromatic carbocycles. The van der Waals surface area contributed by atoms with E-state index in [2.05, 4.69) is 5.48 Å². The summed E-state index contributed by atoms with van der Waals surface area (Å²) in [6.45, 7) is 1.79. The monoisotopic (exact) mass is 276 g/mol. The van der Waals surface area contributed by atoms with Gasteiger partial charge in [0, 0.05) is 10.0 Å². The van der Waals surface area contributed by atoms with Crippen LogP contribution in [0.5, 0.6) is 0 Å². The average molecular weight is 277 g/mol. The van der Waals surface area contributed by atoms with Gasteiger partial charge < -0.3 is 5.73 Å². The van der Waals surface area contributed by atoms with E-state index in [-0.39, 0.29) is 12.6 Å². The van der Waals surface area contributed by atoms with Crippen LogP contribution in [0, 0.1) is 0 Å². The summed E-state index contributed by atoms with van der Waals surface area (Å²) in [6.07, 6.45) is 0.750. The lowest BCUT2D eigenvalue weighted by Gasteiger charge is -2.18. The summed E-state index contributed by atoms with van der Waals surface area (Å²) in [7, 11) is 0. The highest BCUT2D eigenvalue weighted by atomic mass is 35.5. The second kappa shape index (κ2) is 6.81. The Morgan fingerprint density at radius 2 is 2.24 bits per heavy atom. The van der Waals surface area contributed by atoms with Crippen LogP contribution in [0.3, 0.4) is 0 Å². The smallest absolute Gasteiger partial charge is 0.245 e. The highest BCUT2D eigenvalue weighted by Gasteiger charge is 2.13. The number of carbonyl (C=O) groups excluding carboxylic acids is 1. The minimum absolute atomic E-state index is 0.112. The zero-order valence-electron chi connectivity index (χ0n) is 9.37. The van der Waals surface area contributed by atoms with Gasteiger partial charge in [0.05, 0.1) is 6.04 Å². The molecule has 17 heavy (non-hydrogen) atoms. The Morgan fingerprint density at radius 1 is 1.53 bits per heavy atom. The summed E-state index contributed by atoms with van der Waals surface area (Å²) in [5, 5.41) is 1.13. The largest absolute Gasteiger partial charge is 0.368 e. The predicted octanol–water partition coefficient (Wildman–Crippen LogP) is 2.45. The molecule has 0 heterocycles. The lowest BCUT2D eigenvalue weighted by Crippen LogP contribution is -2.27. The molecule has 1 aromatic rings. The van der Waals surface area contributed by atoms with Crippen molar-refractivity contribution in [2.75, 3.05) is 6.61 Å². The second-order valence-corrected chi connectivity index (χ2v) is 4.34. The van der Waals surface area contributed by atoms with Gasteiger partial charge in [-0.2, -0.15) is 5.48 Å². The first-order valence-electron chi connectivity index (χ1n) is 5.15. The van der Waals surface area contributed by atoms with Gasteiger partial charge in [-0.1, -0.05) is 36.2 Å². The third-order valence-corrected chi connectivity index (χ3v) is 2.75. The lowest BCUT2D eigenvalue weighted by atomic mass is 10.1. The van der Waals surface area contributed by atoms with Crippen molar-refractivity contribution in [3.63, 3.8) is 0 Å². The van der Waals surface area contributed by atoms with Crippen molar-refractivity contribution in [3.05, 3.63) is 33.8 Å². The van der Waals surface area contributed by atoms with E-state index in [1.807, 2.05) is 13.0 Å². The molecule has 0 radical (unpaired) electrons. The SMILES string of the molecule is CCC(NOCC(N)=O)c1ccc(Cl)cc1Cl. The van der Waals surface area contributed by atoms with Crippen LogP contribution in [0.25, 0.3) is 0 Å². The fourth-order valence-corrected chi connectivity index (χ4v) is 1.90. The number of rotatable bonds is 6. The predicted molar refractivity (Wildman–Crippen MR) is 67.8 cm³/mol. The Balaban J connectivity index is 2.69. The maximum absolute atomic E-state index is 10.5. The van der Waals surface area contributed by atoms with Gasteiger partial charge >= 0.3 is 0 Å². The standard InChI is InChI=1S/C11H14Cl2N2O2/c1-2-10(15-17-6-11(14)16)8-4-3-7(12)5-9(8)13/h3-5,10,15H,2,6H2,1H3,(H2,14,16). The van der Waals surface area contributed by atoms with E-state index in [1.54, 1.807) is 12.1 Å². The molecule has 1 rings (SSSR count). The van der Waals surface area contributed by atoms with Crippen LogP contribution in [-0.4, -0.2) is 12.5 Å². The first-order chi connectivity index (χ1) is 8.04. The van der Waals surface area contributed by atoms with Gasteiger partial charge in [0.15, 0.2) is 0 Å². The molecule has 0 fully saturated rings. The molecule has 4 nitrogen and oxygen atoms in total. The molecule has 0 aromatic heterocycles. The van der Waals surface area contributed by atoms with Crippen molar-refractivity contribution in [3.8, 4) is 0 Å². The van der Waals surface area contributed by atoms with Crippen molar-refractivity contribution in [1.82, 2.24) is 5.48 Å². The number of halogens is 2. The lowest BCUT2D eigenvalue weighted by molar-refractivity contribution is -0.126. The van der Waals surface area contributed by atoms with Gasteiger partial charge in [-0.15, -0.1) is 0 Å². The highest BCUT2D eigenvalue weighted by Crippen LogP contribution is 2.27. The molecule has 0 saturated heterocycles. The summed E-state index contributed by atoms with van der Waals surface area (Å²) in [5.74, 6) is -0.533. The number of hydroxylamine groups is 1. The van der Waals surface area contributed by atoms with Crippen LogP contribution in [0.2, 0.25) is 10.0 Å². The van der Waals surface area contributed by atoms with Gasteiger partial charge in [0.25, 0.3) is 0 Å². The molecule has 0 bridgehead atoms. The minimum Gasteiger partial charge on any atom is -0.368 e. The second-order valence-electron chi connectivity index (χ2n) is 3.50. The summed E-state index contributed by atoms with van der Waals surface area (Å²) in [4.78, 5) is 15.5. The maximum atomic E-state index is 10.5. The zero-order valence-corrected chi connectivity index (χ0v) is 10.9. The van der Waals surface area contributed by atoms with Gasteiger partial charge in [0.2, 0.25) is 5.91 Å². The van der Waals surface area contributed by atoms with Crippen molar-refractivity contribution in [1.29, 1.82) is 0 Å². The molecule has 0 aliphatic heterocycles. The first kappa shape index (κ1) is 14.3. The number of hydrogen-bond donors (Lipinski definition) is 2. The minimum atomic E-state index is -0.533. The summed E-state index contributed by atoms with van der Waals surface area (Å²) in [5.41, 5.74) is 8.57. The molecule has 6 heteroatoms. The zero-order chi connectivity index (χ0) is 12.8.